The van der Waals surface area contributed by atoms with Crippen LogP contribution in [0, 0.1) is 5.41 Å². The Bertz CT molecular complexity index is 216. The molecule has 1 aliphatic rings. The topological polar surface area (TPSA) is 26.7 Å². The van der Waals surface area contributed by atoms with Gasteiger partial charge in [0.2, 0.25) is 0 Å². The van der Waals surface area contributed by atoms with E-state index in [1.165, 1.54) is 6.42 Å². The van der Waals surface area contributed by atoms with Crippen LogP contribution in [-0.4, -0.2) is 61.3 Å². The lowest BCUT2D eigenvalue weighted by Crippen LogP contribution is -2.52. The second-order valence-corrected chi connectivity index (χ2v) is 6.18. The molecule has 1 saturated carbocycles. The molecule has 0 heterocycles. The number of nitrogens with zero attached hydrogens (tertiary/aromatic N) is 2. The fraction of sp³-hybridized carbons (Fsp3) is 1.00. The second kappa shape index (κ2) is 5.48. The van der Waals surface area contributed by atoms with Crippen LogP contribution in [0.1, 0.15) is 33.1 Å². The number of aliphatic hydroxyl groups is 1. The van der Waals surface area contributed by atoms with Crippen molar-refractivity contribution in [3.05, 3.63) is 0 Å². The van der Waals surface area contributed by atoms with Gasteiger partial charge in [-0.3, -0.25) is 4.90 Å². The molecule has 1 N–H and O–H groups in total. The molecule has 0 aromatic rings. The lowest BCUT2D eigenvalue weighted by molar-refractivity contribution is -0.0510. The van der Waals surface area contributed by atoms with Crippen molar-refractivity contribution in [2.24, 2.45) is 5.41 Å². The van der Waals surface area contributed by atoms with Crippen molar-refractivity contribution in [1.29, 1.82) is 0 Å². The van der Waals surface area contributed by atoms with Gasteiger partial charge in [-0.1, -0.05) is 20.3 Å². The van der Waals surface area contributed by atoms with E-state index in [4.69, 9.17) is 0 Å². The van der Waals surface area contributed by atoms with Crippen LogP contribution in [0.15, 0.2) is 0 Å². The maximum Gasteiger partial charge on any atom is 0.0746 e. The van der Waals surface area contributed by atoms with E-state index in [9.17, 15) is 5.11 Å². The average molecular weight is 228 g/mol. The maximum atomic E-state index is 10.4. The summed E-state index contributed by atoms with van der Waals surface area (Å²) in [6, 6.07) is 0.337. The molecule has 2 atom stereocenters. The van der Waals surface area contributed by atoms with E-state index in [1.807, 2.05) is 0 Å². The summed E-state index contributed by atoms with van der Waals surface area (Å²) in [4.78, 5) is 4.52. The molecule has 0 aromatic heterocycles. The lowest BCUT2D eigenvalue weighted by atomic mass is 9.72. The highest BCUT2D eigenvalue weighted by Crippen LogP contribution is 2.37. The Morgan fingerprint density at radius 3 is 2.38 bits per heavy atom. The van der Waals surface area contributed by atoms with Crippen LogP contribution in [-0.2, 0) is 0 Å². The van der Waals surface area contributed by atoms with Gasteiger partial charge in [0.25, 0.3) is 0 Å². The molecule has 16 heavy (non-hydrogen) atoms. The lowest BCUT2D eigenvalue weighted by Gasteiger charge is -2.44. The fourth-order valence-electron chi connectivity index (χ4n) is 2.58. The Morgan fingerprint density at radius 1 is 1.19 bits per heavy atom. The molecule has 0 aromatic carbocycles. The van der Waals surface area contributed by atoms with E-state index in [1.54, 1.807) is 0 Å². The van der Waals surface area contributed by atoms with Gasteiger partial charge in [-0.25, -0.2) is 0 Å². The van der Waals surface area contributed by atoms with Crippen LogP contribution < -0.4 is 0 Å². The largest absolute Gasteiger partial charge is 0.391 e. The summed E-state index contributed by atoms with van der Waals surface area (Å²) >= 11 is 0. The summed E-state index contributed by atoms with van der Waals surface area (Å²) in [7, 11) is 6.32. The van der Waals surface area contributed by atoms with E-state index in [0.717, 1.165) is 25.9 Å². The average Bonchev–Trinajstić information content (AvgIpc) is 2.18. The van der Waals surface area contributed by atoms with Crippen LogP contribution in [0.25, 0.3) is 0 Å². The zero-order valence-electron chi connectivity index (χ0n) is 11.5. The quantitative estimate of drug-likeness (QED) is 0.788. The first kappa shape index (κ1) is 13.9. The molecule has 2 unspecified atom stereocenters. The molecule has 1 fully saturated rings. The van der Waals surface area contributed by atoms with Gasteiger partial charge in [-0.05, 0) is 39.4 Å². The third-order valence-electron chi connectivity index (χ3n) is 3.95. The second-order valence-electron chi connectivity index (χ2n) is 6.18. The standard InChI is InChI=1S/C13H28N2O/c1-13(2)8-6-7-11(12(13)16)15(5)10-9-14(3)4/h11-12,16H,6-10H2,1-5H3. The molecule has 3 heteroatoms. The van der Waals surface area contributed by atoms with Gasteiger partial charge < -0.3 is 10.0 Å². The Morgan fingerprint density at radius 2 is 1.81 bits per heavy atom. The number of hydrogen-bond acceptors (Lipinski definition) is 3. The molecule has 1 rings (SSSR count). The van der Waals surface area contributed by atoms with Gasteiger partial charge in [0.1, 0.15) is 0 Å². The molecule has 96 valence electrons. The molecule has 0 amide bonds. The van der Waals surface area contributed by atoms with Crippen LogP contribution in [0.5, 0.6) is 0 Å². The predicted molar refractivity (Wildman–Crippen MR) is 68.6 cm³/mol. The number of rotatable bonds is 4. The van der Waals surface area contributed by atoms with Gasteiger partial charge in [0.05, 0.1) is 6.10 Å². The molecule has 3 nitrogen and oxygen atoms in total. The minimum atomic E-state index is -0.187. The number of likely N-dealkylation sites (N-methyl/N-ethyl adjacent to an activating group) is 2. The molecule has 0 bridgehead atoms. The van der Waals surface area contributed by atoms with Gasteiger partial charge >= 0.3 is 0 Å². The molecular formula is C13H28N2O. The minimum Gasteiger partial charge on any atom is -0.391 e. The minimum absolute atomic E-state index is 0.0787. The van der Waals surface area contributed by atoms with Gasteiger partial charge in [0, 0.05) is 19.1 Å². The van der Waals surface area contributed by atoms with E-state index in [2.05, 4.69) is 44.8 Å². The zero-order chi connectivity index (χ0) is 12.3. The smallest absolute Gasteiger partial charge is 0.0746 e. The first-order chi connectivity index (χ1) is 7.34. The summed E-state index contributed by atoms with van der Waals surface area (Å²) in [5.41, 5.74) is 0.0787. The predicted octanol–water partition coefficient (Wildman–Crippen LogP) is 1.42. The maximum absolute atomic E-state index is 10.4. The normalized spacial score (nSPS) is 30.0. The van der Waals surface area contributed by atoms with Crippen LogP contribution in [0.4, 0.5) is 0 Å². The Kier molecular flexibility index (Phi) is 4.77. The van der Waals surface area contributed by atoms with E-state index in [-0.39, 0.29) is 11.5 Å². The summed E-state index contributed by atoms with van der Waals surface area (Å²) in [6.07, 6.45) is 3.33. The molecule has 0 saturated heterocycles. The first-order valence-corrected chi connectivity index (χ1v) is 6.37. The number of hydrogen-bond donors (Lipinski definition) is 1. The van der Waals surface area contributed by atoms with Crippen molar-refractivity contribution in [3.63, 3.8) is 0 Å². The van der Waals surface area contributed by atoms with Gasteiger partial charge in [-0.2, -0.15) is 0 Å². The van der Waals surface area contributed by atoms with Crippen molar-refractivity contribution in [2.75, 3.05) is 34.2 Å². The summed E-state index contributed by atoms with van der Waals surface area (Å²) in [5.74, 6) is 0. The Labute approximate surface area is 100 Å². The summed E-state index contributed by atoms with van der Waals surface area (Å²) < 4.78 is 0. The van der Waals surface area contributed by atoms with Crippen molar-refractivity contribution < 1.29 is 5.11 Å². The summed E-state index contributed by atoms with van der Waals surface area (Å²) in [5, 5.41) is 10.4. The SMILES string of the molecule is CN(C)CCN(C)C1CCCC(C)(C)C1O. The highest BCUT2D eigenvalue weighted by Gasteiger charge is 2.39. The van der Waals surface area contributed by atoms with Crippen LogP contribution in [0.2, 0.25) is 0 Å². The third kappa shape index (κ3) is 3.44. The van der Waals surface area contributed by atoms with Crippen LogP contribution >= 0.6 is 0 Å². The number of aliphatic hydroxyl groups excluding tert-OH is 1. The highest BCUT2D eigenvalue weighted by molar-refractivity contribution is 4.92. The van der Waals surface area contributed by atoms with Crippen molar-refractivity contribution in [3.8, 4) is 0 Å². The molecule has 0 aliphatic heterocycles. The third-order valence-corrected chi connectivity index (χ3v) is 3.95. The van der Waals surface area contributed by atoms with E-state index < -0.39 is 0 Å². The van der Waals surface area contributed by atoms with Crippen molar-refractivity contribution in [2.45, 2.75) is 45.3 Å². The van der Waals surface area contributed by atoms with E-state index >= 15 is 0 Å². The zero-order valence-corrected chi connectivity index (χ0v) is 11.5. The molecular weight excluding hydrogens is 200 g/mol. The Hall–Kier alpha value is -0.120. The fourth-order valence-corrected chi connectivity index (χ4v) is 2.58. The van der Waals surface area contributed by atoms with Crippen LogP contribution in [0.3, 0.4) is 0 Å². The van der Waals surface area contributed by atoms with E-state index in [0.29, 0.717) is 6.04 Å². The first-order valence-electron chi connectivity index (χ1n) is 6.37. The van der Waals surface area contributed by atoms with Gasteiger partial charge in [0.15, 0.2) is 0 Å². The summed E-state index contributed by atoms with van der Waals surface area (Å²) in [6.45, 7) is 6.46. The van der Waals surface area contributed by atoms with Crippen molar-refractivity contribution in [1.82, 2.24) is 9.80 Å². The van der Waals surface area contributed by atoms with Gasteiger partial charge in [-0.15, -0.1) is 0 Å². The molecule has 0 radical (unpaired) electrons. The monoisotopic (exact) mass is 228 g/mol. The molecule has 1 aliphatic carbocycles. The highest BCUT2D eigenvalue weighted by atomic mass is 16.3. The Balaban J connectivity index is 2.51. The molecule has 0 spiro atoms. The van der Waals surface area contributed by atoms with Crippen molar-refractivity contribution >= 4 is 0 Å².